The van der Waals surface area contributed by atoms with Crippen molar-refractivity contribution in [1.82, 2.24) is 20.0 Å². The summed E-state index contributed by atoms with van der Waals surface area (Å²) in [6, 6.07) is 7.70. The number of furan rings is 1. The Kier molecular flexibility index (Phi) is 4.58. The molecule has 4 heterocycles. The van der Waals surface area contributed by atoms with Crippen LogP contribution in [0.3, 0.4) is 0 Å². The van der Waals surface area contributed by atoms with E-state index in [9.17, 15) is 0 Å². The molecule has 0 aliphatic carbocycles. The van der Waals surface area contributed by atoms with E-state index in [0.717, 1.165) is 54.2 Å². The van der Waals surface area contributed by atoms with Gasteiger partial charge in [0.15, 0.2) is 6.29 Å². The fraction of sp³-hybridized carbons (Fsp3) is 0.389. The zero-order valence-electron chi connectivity index (χ0n) is 14.1. The van der Waals surface area contributed by atoms with Gasteiger partial charge in [0.1, 0.15) is 5.69 Å². The molecule has 0 aromatic carbocycles. The first-order valence-corrected chi connectivity index (χ1v) is 8.43. The third-order valence-corrected chi connectivity index (χ3v) is 4.30. The van der Waals surface area contributed by atoms with Crippen molar-refractivity contribution in [3.63, 3.8) is 0 Å². The van der Waals surface area contributed by atoms with Crippen molar-refractivity contribution in [2.24, 2.45) is 7.05 Å². The minimum absolute atomic E-state index is 0.151. The van der Waals surface area contributed by atoms with Crippen LogP contribution in [0.25, 0.3) is 22.6 Å². The van der Waals surface area contributed by atoms with E-state index in [1.165, 1.54) is 0 Å². The molecule has 1 aliphatic rings. The number of rotatable bonds is 5. The molecule has 1 aliphatic heterocycles. The number of aryl methyl sites for hydroxylation is 1. The highest BCUT2D eigenvalue weighted by Gasteiger charge is 2.19. The van der Waals surface area contributed by atoms with Crippen LogP contribution in [0.2, 0.25) is 0 Å². The minimum atomic E-state index is -0.151. The summed E-state index contributed by atoms with van der Waals surface area (Å²) in [4.78, 5) is 4.69. The molecule has 130 valence electrons. The van der Waals surface area contributed by atoms with E-state index >= 15 is 0 Å². The first kappa shape index (κ1) is 16.0. The van der Waals surface area contributed by atoms with Gasteiger partial charge in [0.25, 0.3) is 0 Å². The molecule has 7 nitrogen and oxygen atoms in total. The van der Waals surface area contributed by atoms with E-state index in [1.807, 2.05) is 31.3 Å². The van der Waals surface area contributed by atoms with Crippen molar-refractivity contribution in [3.8, 4) is 22.6 Å². The van der Waals surface area contributed by atoms with E-state index in [0.29, 0.717) is 6.61 Å². The van der Waals surface area contributed by atoms with Crippen LogP contribution in [0.1, 0.15) is 25.0 Å². The Balaban J connectivity index is 1.57. The molecule has 3 aromatic heterocycles. The SMILES string of the molecule is Cn1nnc(-c2cccc(-c3ccoc3)n2)c1COC1CCCCO1. The fourth-order valence-electron chi connectivity index (χ4n) is 2.89. The lowest BCUT2D eigenvalue weighted by Gasteiger charge is -2.22. The van der Waals surface area contributed by atoms with Crippen molar-refractivity contribution in [1.29, 1.82) is 0 Å². The maximum Gasteiger partial charge on any atom is 0.158 e. The number of hydrogen-bond donors (Lipinski definition) is 0. The molecule has 1 atom stereocenters. The number of aromatic nitrogens is 4. The summed E-state index contributed by atoms with van der Waals surface area (Å²) < 4.78 is 18.4. The molecule has 1 unspecified atom stereocenters. The van der Waals surface area contributed by atoms with Gasteiger partial charge in [-0.25, -0.2) is 9.67 Å². The topological polar surface area (TPSA) is 75.2 Å². The quantitative estimate of drug-likeness (QED) is 0.710. The predicted octanol–water partition coefficient (Wildman–Crippen LogP) is 3.18. The van der Waals surface area contributed by atoms with Gasteiger partial charge in [-0.2, -0.15) is 0 Å². The van der Waals surface area contributed by atoms with Crippen LogP contribution in [0.15, 0.2) is 41.2 Å². The van der Waals surface area contributed by atoms with Crippen molar-refractivity contribution in [3.05, 3.63) is 42.5 Å². The zero-order valence-corrected chi connectivity index (χ0v) is 14.1. The highest BCUT2D eigenvalue weighted by atomic mass is 16.7. The summed E-state index contributed by atoms with van der Waals surface area (Å²) >= 11 is 0. The maximum atomic E-state index is 5.91. The highest BCUT2D eigenvalue weighted by molar-refractivity contribution is 5.64. The van der Waals surface area contributed by atoms with Crippen LogP contribution in [0.5, 0.6) is 0 Å². The second-order valence-corrected chi connectivity index (χ2v) is 6.04. The first-order chi connectivity index (χ1) is 12.3. The molecule has 0 spiro atoms. The number of pyridine rings is 1. The predicted molar refractivity (Wildman–Crippen MR) is 90.3 cm³/mol. The molecule has 4 rings (SSSR count). The molecule has 0 bridgehead atoms. The fourth-order valence-corrected chi connectivity index (χ4v) is 2.89. The second kappa shape index (κ2) is 7.16. The Labute approximate surface area is 145 Å². The van der Waals surface area contributed by atoms with Crippen LogP contribution in [-0.4, -0.2) is 32.9 Å². The largest absolute Gasteiger partial charge is 0.472 e. The molecule has 3 aromatic rings. The summed E-state index contributed by atoms with van der Waals surface area (Å²) in [7, 11) is 1.86. The van der Waals surface area contributed by atoms with E-state index in [4.69, 9.17) is 18.9 Å². The Morgan fingerprint density at radius 1 is 1.24 bits per heavy atom. The second-order valence-electron chi connectivity index (χ2n) is 6.04. The minimum Gasteiger partial charge on any atom is -0.472 e. The molecule has 1 fully saturated rings. The summed E-state index contributed by atoms with van der Waals surface area (Å²) in [6.07, 6.45) is 6.32. The molecule has 7 heteroatoms. The first-order valence-electron chi connectivity index (χ1n) is 8.43. The average Bonchev–Trinajstić information content (AvgIpc) is 3.31. The Hall–Kier alpha value is -2.51. The van der Waals surface area contributed by atoms with E-state index in [2.05, 4.69) is 10.3 Å². The van der Waals surface area contributed by atoms with Gasteiger partial charge in [-0.3, -0.25) is 0 Å². The zero-order chi connectivity index (χ0) is 17.1. The van der Waals surface area contributed by atoms with Gasteiger partial charge in [0, 0.05) is 19.2 Å². The van der Waals surface area contributed by atoms with Crippen molar-refractivity contribution in [2.75, 3.05) is 6.61 Å². The lowest BCUT2D eigenvalue weighted by atomic mass is 10.1. The highest BCUT2D eigenvalue weighted by Crippen LogP contribution is 2.25. The Bertz CT molecular complexity index is 823. The van der Waals surface area contributed by atoms with Crippen LogP contribution in [0, 0.1) is 0 Å². The average molecular weight is 340 g/mol. The van der Waals surface area contributed by atoms with Gasteiger partial charge in [-0.05, 0) is 37.5 Å². The van der Waals surface area contributed by atoms with Crippen LogP contribution in [-0.2, 0) is 23.1 Å². The molecule has 0 N–H and O–H groups in total. The Morgan fingerprint density at radius 2 is 2.16 bits per heavy atom. The smallest absolute Gasteiger partial charge is 0.158 e. The van der Waals surface area contributed by atoms with Gasteiger partial charge in [0.05, 0.1) is 36.2 Å². The van der Waals surface area contributed by atoms with Crippen molar-refractivity contribution in [2.45, 2.75) is 32.2 Å². The number of ether oxygens (including phenoxy) is 2. The molecule has 25 heavy (non-hydrogen) atoms. The molecular formula is C18H20N4O3. The lowest BCUT2D eigenvalue weighted by Crippen LogP contribution is -2.22. The summed E-state index contributed by atoms with van der Waals surface area (Å²) in [5.74, 6) is 0. The molecule has 0 amide bonds. The lowest BCUT2D eigenvalue weighted by molar-refractivity contribution is -0.169. The number of nitrogens with zero attached hydrogens (tertiary/aromatic N) is 4. The molecule has 0 radical (unpaired) electrons. The summed E-state index contributed by atoms with van der Waals surface area (Å²) in [6.45, 7) is 1.15. The van der Waals surface area contributed by atoms with Gasteiger partial charge >= 0.3 is 0 Å². The van der Waals surface area contributed by atoms with Crippen LogP contribution < -0.4 is 0 Å². The third kappa shape index (κ3) is 3.47. The van der Waals surface area contributed by atoms with E-state index in [1.54, 1.807) is 17.2 Å². The van der Waals surface area contributed by atoms with Crippen LogP contribution in [0.4, 0.5) is 0 Å². The monoisotopic (exact) mass is 340 g/mol. The van der Waals surface area contributed by atoms with Gasteiger partial charge < -0.3 is 13.9 Å². The van der Waals surface area contributed by atoms with Crippen molar-refractivity contribution >= 4 is 0 Å². The van der Waals surface area contributed by atoms with Gasteiger partial charge in [-0.1, -0.05) is 11.3 Å². The van der Waals surface area contributed by atoms with Crippen molar-refractivity contribution < 1.29 is 13.9 Å². The Morgan fingerprint density at radius 3 is 2.96 bits per heavy atom. The normalized spacial score (nSPS) is 17.7. The van der Waals surface area contributed by atoms with Gasteiger partial charge in [-0.15, -0.1) is 5.10 Å². The third-order valence-electron chi connectivity index (χ3n) is 4.30. The van der Waals surface area contributed by atoms with E-state index < -0.39 is 0 Å². The molecule has 1 saturated heterocycles. The maximum absolute atomic E-state index is 5.91. The summed E-state index contributed by atoms with van der Waals surface area (Å²) in [5.41, 5.74) is 4.13. The molecular weight excluding hydrogens is 320 g/mol. The molecule has 0 saturated carbocycles. The van der Waals surface area contributed by atoms with Crippen LogP contribution >= 0.6 is 0 Å². The number of hydrogen-bond acceptors (Lipinski definition) is 6. The standard InChI is InChI=1S/C18H20N4O3/c1-22-16(12-25-17-7-2-3-9-24-17)18(20-21-22)15-6-4-5-14(19-15)13-8-10-23-11-13/h4-6,8,10-11,17H,2-3,7,9,12H2,1H3. The van der Waals surface area contributed by atoms with Gasteiger partial charge in [0.2, 0.25) is 0 Å². The van der Waals surface area contributed by atoms with E-state index in [-0.39, 0.29) is 6.29 Å². The summed E-state index contributed by atoms with van der Waals surface area (Å²) in [5, 5.41) is 8.41.